The zero-order chi connectivity index (χ0) is 13.9. The van der Waals surface area contributed by atoms with Gasteiger partial charge in [0.05, 0.1) is 13.1 Å². The minimum atomic E-state index is -1.08. The molecule has 0 aliphatic carbocycles. The van der Waals surface area contributed by atoms with E-state index in [2.05, 4.69) is 14.5 Å². The van der Waals surface area contributed by atoms with Gasteiger partial charge in [0.25, 0.3) is 6.34 Å². The van der Waals surface area contributed by atoms with Gasteiger partial charge in [-0.2, -0.15) is 0 Å². The van der Waals surface area contributed by atoms with Crippen molar-refractivity contribution in [1.82, 2.24) is 4.90 Å². The van der Waals surface area contributed by atoms with Crippen molar-refractivity contribution in [2.24, 2.45) is 4.99 Å². The Labute approximate surface area is 115 Å². The van der Waals surface area contributed by atoms with E-state index in [4.69, 9.17) is 9.90 Å². The molecule has 2 rings (SSSR count). The van der Waals surface area contributed by atoms with Crippen LogP contribution in [0.25, 0.3) is 0 Å². The number of carbonyl (C=O) groups excluding carboxylic acids is 1. The molecule has 5 heteroatoms. The van der Waals surface area contributed by atoms with Gasteiger partial charge < -0.3 is 14.8 Å². The predicted octanol–water partition coefficient (Wildman–Crippen LogP) is 0.482. The van der Waals surface area contributed by atoms with Crippen LogP contribution >= 0.6 is 0 Å². The van der Waals surface area contributed by atoms with Crippen LogP contribution in [-0.4, -0.2) is 54.3 Å². The summed E-state index contributed by atoms with van der Waals surface area (Å²) in [7, 11) is 0. The molecule has 2 saturated heterocycles. The Kier molecular flexibility index (Phi) is 7.86. The first-order chi connectivity index (χ1) is 9.18. The summed E-state index contributed by atoms with van der Waals surface area (Å²) >= 11 is 0. The molecule has 0 radical (unpaired) electrons. The van der Waals surface area contributed by atoms with E-state index in [0.29, 0.717) is 0 Å². The van der Waals surface area contributed by atoms with Crippen LogP contribution in [0.2, 0.25) is 0 Å². The van der Waals surface area contributed by atoms with Crippen LogP contribution in [-0.2, 0) is 4.79 Å². The van der Waals surface area contributed by atoms with Crippen LogP contribution in [0.5, 0.6) is 0 Å². The summed E-state index contributed by atoms with van der Waals surface area (Å²) in [4.78, 5) is 15.6. The second-order valence-electron chi connectivity index (χ2n) is 5.06. The van der Waals surface area contributed by atoms with Gasteiger partial charge in [0.2, 0.25) is 6.34 Å². The number of likely N-dealkylation sites (tertiary alicyclic amines) is 1. The summed E-state index contributed by atoms with van der Waals surface area (Å²) in [6.07, 6.45) is 12.1. The number of hydrogen-bond acceptors (Lipinski definition) is 2. The van der Waals surface area contributed by atoms with Gasteiger partial charge in [-0.3, -0.25) is 4.58 Å². The van der Waals surface area contributed by atoms with Crippen molar-refractivity contribution >= 4 is 18.6 Å². The number of aliphatic carboxylic acids is 1. The van der Waals surface area contributed by atoms with E-state index in [1.807, 2.05) is 12.7 Å². The normalized spacial score (nSPS) is 19.8. The lowest BCUT2D eigenvalue weighted by atomic mass is 10.1. The molecular formula is C14H25N3O2. The maximum absolute atomic E-state index is 8.89. The highest BCUT2D eigenvalue weighted by atomic mass is 16.4. The highest BCUT2D eigenvalue weighted by Crippen LogP contribution is 2.06. The van der Waals surface area contributed by atoms with Gasteiger partial charge in [0, 0.05) is 19.1 Å². The van der Waals surface area contributed by atoms with Crippen molar-refractivity contribution in [2.45, 2.75) is 45.4 Å². The van der Waals surface area contributed by atoms with E-state index in [1.165, 1.54) is 64.7 Å². The van der Waals surface area contributed by atoms with Crippen molar-refractivity contribution in [3.63, 3.8) is 0 Å². The van der Waals surface area contributed by atoms with E-state index < -0.39 is 5.97 Å². The molecule has 2 fully saturated rings. The Morgan fingerprint density at radius 1 is 1.11 bits per heavy atom. The highest BCUT2D eigenvalue weighted by molar-refractivity contribution is 5.68. The Morgan fingerprint density at radius 3 is 2.21 bits per heavy atom. The van der Waals surface area contributed by atoms with Gasteiger partial charge in [0.1, 0.15) is 0 Å². The molecule has 108 valence electrons. The number of piperidine rings is 2. The Bertz CT molecular complexity index is 309. The molecule has 0 bridgehead atoms. The molecule has 0 aromatic rings. The highest BCUT2D eigenvalue weighted by Gasteiger charge is 2.08. The van der Waals surface area contributed by atoms with Gasteiger partial charge in [-0.05, 0) is 50.4 Å². The standard InChI is InChI=1S/C12H22N3.C2H4O2/c1-3-7-14(8-4-1)11-13-12-15-9-5-2-6-10-15;1-2(3)4/h11-12H,1-10H2;1H3,(H,3,4)/q+1;/p-1. The molecule has 2 heterocycles. The SMILES string of the molecule is C(=NC=[N+]1CCCCC1)N1CCCCC1.CC(=O)[O-]. The Hall–Kier alpha value is -1.39. The number of carbonyl (C=O) groups is 1. The molecule has 0 atom stereocenters. The number of hydrogen-bond donors (Lipinski definition) is 0. The molecule has 2 aliphatic rings. The summed E-state index contributed by atoms with van der Waals surface area (Å²) in [5.41, 5.74) is 0. The molecule has 0 saturated carbocycles. The maximum Gasteiger partial charge on any atom is 0.283 e. The van der Waals surface area contributed by atoms with Crippen molar-refractivity contribution in [3.8, 4) is 0 Å². The topological polar surface area (TPSA) is 58.7 Å². The Morgan fingerprint density at radius 2 is 1.63 bits per heavy atom. The number of carboxylic acids is 1. The van der Waals surface area contributed by atoms with E-state index in [-0.39, 0.29) is 0 Å². The van der Waals surface area contributed by atoms with Crippen LogP contribution in [0, 0.1) is 0 Å². The van der Waals surface area contributed by atoms with E-state index in [1.54, 1.807) is 0 Å². The number of rotatable bonds is 2. The molecule has 0 aromatic heterocycles. The average Bonchev–Trinajstić information content (AvgIpc) is 2.41. The summed E-state index contributed by atoms with van der Waals surface area (Å²) < 4.78 is 2.34. The molecule has 19 heavy (non-hydrogen) atoms. The van der Waals surface area contributed by atoms with Crippen LogP contribution in [0.1, 0.15) is 45.4 Å². The summed E-state index contributed by atoms with van der Waals surface area (Å²) in [5.74, 6) is -1.08. The summed E-state index contributed by atoms with van der Waals surface area (Å²) in [6.45, 7) is 5.74. The third-order valence-corrected chi connectivity index (χ3v) is 3.24. The van der Waals surface area contributed by atoms with Gasteiger partial charge in [-0.25, -0.2) is 0 Å². The fourth-order valence-electron chi connectivity index (χ4n) is 2.29. The number of carboxylic acid groups (broad SMARTS) is 1. The fraction of sp³-hybridized carbons (Fsp3) is 0.786. The molecule has 5 nitrogen and oxygen atoms in total. The number of aliphatic imine (C=N–C) groups is 1. The predicted molar refractivity (Wildman–Crippen MR) is 74.5 cm³/mol. The number of nitrogens with zero attached hydrogens (tertiary/aromatic N) is 3. The summed E-state index contributed by atoms with van der Waals surface area (Å²) in [6, 6.07) is 0. The average molecular weight is 267 g/mol. The third kappa shape index (κ3) is 8.35. The zero-order valence-electron chi connectivity index (χ0n) is 11.9. The molecule has 0 N–H and O–H groups in total. The lowest BCUT2D eigenvalue weighted by molar-refractivity contribution is -0.533. The Balaban J connectivity index is 0.000000399. The van der Waals surface area contributed by atoms with Crippen molar-refractivity contribution in [3.05, 3.63) is 0 Å². The van der Waals surface area contributed by atoms with Crippen LogP contribution in [0.4, 0.5) is 0 Å². The lowest BCUT2D eigenvalue weighted by Crippen LogP contribution is -2.28. The second kappa shape index (κ2) is 9.53. The van der Waals surface area contributed by atoms with Gasteiger partial charge in [-0.15, -0.1) is 0 Å². The van der Waals surface area contributed by atoms with E-state index in [0.717, 1.165) is 6.92 Å². The molecule has 0 aromatic carbocycles. The first-order valence-electron chi connectivity index (χ1n) is 7.21. The fourth-order valence-corrected chi connectivity index (χ4v) is 2.29. The maximum atomic E-state index is 8.89. The van der Waals surface area contributed by atoms with Crippen molar-refractivity contribution in [1.29, 1.82) is 0 Å². The minimum absolute atomic E-state index is 0.972. The summed E-state index contributed by atoms with van der Waals surface area (Å²) in [5, 5.41) is 8.89. The van der Waals surface area contributed by atoms with E-state index >= 15 is 0 Å². The van der Waals surface area contributed by atoms with Crippen molar-refractivity contribution in [2.75, 3.05) is 26.2 Å². The lowest BCUT2D eigenvalue weighted by Gasteiger charge is -2.21. The first-order valence-corrected chi connectivity index (χ1v) is 7.21. The smallest absolute Gasteiger partial charge is 0.283 e. The quantitative estimate of drug-likeness (QED) is 0.415. The molecule has 0 unspecified atom stereocenters. The monoisotopic (exact) mass is 267 g/mol. The minimum Gasteiger partial charge on any atom is -0.550 e. The van der Waals surface area contributed by atoms with Gasteiger partial charge in [0.15, 0.2) is 0 Å². The van der Waals surface area contributed by atoms with Crippen molar-refractivity contribution < 1.29 is 14.5 Å². The first kappa shape index (κ1) is 15.7. The zero-order valence-corrected chi connectivity index (χ0v) is 11.9. The molecular weight excluding hydrogens is 242 g/mol. The molecule has 0 spiro atoms. The van der Waals surface area contributed by atoms with Crippen LogP contribution in [0.15, 0.2) is 4.99 Å². The van der Waals surface area contributed by atoms with Gasteiger partial charge >= 0.3 is 0 Å². The second-order valence-corrected chi connectivity index (χ2v) is 5.06. The molecule has 0 amide bonds. The third-order valence-electron chi connectivity index (χ3n) is 3.24. The molecule has 2 aliphatic heterocycles. The largest absolute Gasteiger partial charge is 0.550 e. The van der Waals surface area contributed by atoms with Crippen LogP contribution in [0.3, 0.4) is 0 Å². The van der Waals surface area contributed by atoms with Gasteiger partial charge in [-0.1, -0.05) is 0 Å². The van der Waals surface area contributed by atoms with Crippen LogP contribution < -0.4 is 5.11 Å². The van der Waals surface area contributed by atoms with E-state index in [9.17, 15) is 0 Å².